The monoisotopic (exact) mass is 368 g/mol. The number of rotatable bonds is 6. The van der Waals surface area contributed by atoms with E-state index in [1.165, 1.54) is 12.1 Å². The van der Waals surface area contributed by atoms with Crippen LogP contribution in [-0.2, 0) is 4.79 Å². The number of carboxylic acid groups (broad SMARTS) is 1. The second-order valence-electron chi connectivity index (χ2n) is 5.44. The van der Waals surface area contributed by atoms with Gasteiger partial charge in [-0.2, -0.15) is 4.98 Å². The highest BCUT2D eigenvalue weighted by atomic mass is 35.5. The van der Waals surface area contributed by atoms with E-state index in [4.69, 9.17) is 28.3 Å². The first-order valence-electron chi connectivity index (χ1n) is 7.22. The molecule has 1 saturated carbocycles. The minimum Gasteiger partial charge on any atom is -0.505 e. The Morgan fingerprint density at radius 2 is 1.88 bits per heavy atom. The molecule has 0 radical (unpaired) electrons. The third kappa shape index (κ3) is 3.98. The molecule has 0 bridgehead atoms. The Balaban J connectivity index is 1.87. The molecule has 1 fully saturated rings. The minimum absolute atomic E-state index is 0.116. The van der Waals surface area contributed by atoms with Crippen LogP contribution in [0.25, 0.3) is 0 Å². The summed E-state index contributed by atoms with van der Waals surface area (Å²) in [5.74, 6) is -0.0973. The predicted octanol–water partition coefficient (Wildman–Crippen LogP) is 3.61. The van der Waals surface area contributed by atoms with Crippen molar-refractivity contribution in [2.75, 3.05) is 17.2 Å². The van der Waals surface area contributed by atoms with Crippen molar-refractivity contribution < 1.29 is 15.0 Å². The Kier molecular flexibility index (Phi) is 4.64. The maximum absolute atomic E-state index is 10.7. The number of nitrogens with zero attached hydrogens (tertiary/aromatic N) is 2. The van der Waals surface area contributed by atoms with Gasteiger partial charge in [-0.25, -0.2) is 4.98 Å². The Bertz CT molecular complexity index is 773. The summed E-state index contributed by atoms with van der Waals surface area (Å²) >= 11 is 11.8. The largest absolute Gasteiger partial charge is 0.505 e. The fraction of sp³-hybridized carbons (Fsp3) is 0.267. The van der Waals surface area contributed by atoms with Crippen LogP contribution in [0.3, 0.4) is 0 Å². The fourth-order valence-electron chi connectivity index (χ4n) is 2.14. The summed E-state index contributed by atoms with van der Waals surface area (Å²) in [5, 5.41) is 24.3. The van der Waals surface area contributed by atoms with Crippen LogP contribution in [0, 0.1) is 0 Å². The van der Waals surface area contributed by atoms with E-state index >= 15 is 0 Å². The van der Waals surface area contributed by atoms with Gasteiger partial charge in [-0.05, 0) is 25.0 Å². The van der Waals surface area contributed by atoms with E-state index in [0.717, 1.165) is 18.5 Å². The van der Waals surface area contributed by atoms with Gasteiger partial charge in [0.15, 0.2) is 5.75 Å². The van der Waals surface area contributed by atoms with Crippen molar-refractivity contribution in [1.29, 1.82) is 0 Å². The summed E-state index contributed by atoms with van der Waals surface area (Å²) in [6.45, 7) is -0.273. The molecule has 24 heavy (non-hydrogen) atoms. The molecule has 2 aromatic rings. The predicted molar refractivity (Wildman–Crippen MR) is 91.5 cm³/mol. The molecule has 4 N–H and O–H groups in total. The van der Waals surface area contributed by atoms with Crippen LogP contribution in [0.15, 0.2) is 18.2 Å². The summed E-state index contributed by atoms with van der Waals surface area (Å²) in [6.07, 6.45) is 2.09. The van der Waals surface area contributed by atoms with E-state index in [2.05, 4.69) is 20.6 Å². The Morgan fingerprint density at radius 1 is 1.21 bits per heavy atom. The molecule has 0 atom stereocenters. The van der Waals surface area contributed by atoms with Gasteiger partial charge < -0.3 is 20.8 Å². The molecular formula is C15H14Cl2N4O3. The average molecular weight is 369 g/mol. The number of phenols is 1. The van der Waals surface area contributed by atoms with Crippen molar-refractivity contribution in [1.82, 2.24) is 9.97 Å². The number of carboxylic acids is 1. The first-order valence-corrected chi connectivity index (χ1v) is 7.97. The summed E-state index contributed by atoms with van der Waals surface area (Å²) in [7, 11) is 0. The molecule has 1 aromatic carbocycles. The number of aromatic nitrogens is 2. The lowest BCUT2D eigenvalue weighted by Gasteiger charge is -2.11. The molecule has 1 heterocycles. The second kappa shape index (κ2) is 6.70. The number of phenolic OH excluding ortho intramolecular Hbond substituents is 1. The van der Waals surface area contributed by atoms with Crippen molar-refractivity contribution in [3.05, 3.63) is 33.9 Å². The molecule has 9 heteroatoms. The molecule has 1 aromatic heterocycles. The van der Waals surface area contributed by atoms with Crippen molar-refractivity contribution >= 4 is 46.6 Å². The quantitative estimate of drug-likeness (QED) is 0.576. The highest BCUT2D eigenvalue weighted by Crippen LogP contribution is 2.40. The van der Waals surface area contributed by atoms with Crippen LogP contribution in [-0.4, -0.2) is 32.7 Å². The van der Waals surface area contributed by atoms with Crippen molar-refractivity contribution in [3.8, 4) is 5.75 Å². The summed E-state index contributed by atoms with van der Waals surface area (Å²) < 4.78 is 0. The van der Waals surface area contributed by atoms with Crippen LogP contribution >= 0.6 is 23.2 Å². The molecule has 1 aliphatic carbocycles. The molecule has 0 amide bonds. The van der Waals surface area contributed by atoms with Crippen LogP contribution < -0.4 is 10.6 Å². The number of aromatic hydroxyl groups is 1. The van der Waals surface area contributed by atoms with Gasteiger partial charge in [-0.1, -0.05) is 23.2 Å². The van der Waals surface area contributed by atoms with Crippen molar-refractivity contribution in [2.24, 2.45) is 0 Å². The third-order valence-electron chi connectivity index (χ3n) is 3.43. The molecule has 0 aliphatic heterocycles. The molecule has 1 aliphatic rings. The second-order valence-corrected chi connectivity index (χ2v) is 6.25. The zero-order valence-corrected chi connectivity index (χ0v) is 13.9. The molecule has 0 spiro atoms. The zero-order chi connectivity index (χ0) is 17.3. The van der Waals surface area contributed by atoms with Crippen LogP contribution in [0.1, 0.15) is 24.5 Å². The molecule has 0 unspecified atom stereocenters. The molecular weight excluding hydrogens is 355 g/mol. The maximum atomic E-state index is 10.7. The average Bonchev–Trinajstić information content (AvgIpc) is 3.35. The van der Waals surface area contributed by atoms with E-state index in [1.54, 1.807) is 6.07 Å². The third-order valence-corrected chi connectivity index (χ3v) is 4.00. The van der Waals surface area contributed by atoms with Gasteiger partial charge in [0.2, 0.25) is 5.95 Å². The van der Waals surface area contributed by atoms with Gasteiger partial charge >= 0.3 is 5.97 Å². The highest BCUT2D eigenvalue weighted by Gasteiger charge is 2.26. The lowest BCUT2D eigenvalue weighted by atomic mass is 10.2. The number of nitrogens with one attached hydrogen (secondary N) is 2. The Labute approximate surface area is 147 Å². The zero-order valence-electron chi connectivity index (χ0n) is 12.4. The fourth-order valence-corrected chi connectivity index (χ4v) is 2.62. The number of benzene rings is 1. The lowest BCUT2D eigenvalue weighted by Crippen LogP contribution is -2.15. The summed E-state index contributed by atoms with van der Waals surface area (Å²) in [4.78, 5) is 19.3. The number of aliphatic carboxylic acids is 1. The van der Waals surface area contributed by atoms with Gasteiger partial charge in [-0.15, -0.1) is 0 Å². The Hall–Kier alpha value is -2.25. The van der Waals surface area contributed by atoms with E-state index in [9.17, 15) is 9.90 Å². The van der Waals surface area contributed by atoms with E-state index in [1.807, 2.05) is 0 Å². The van der Waals surface area contributed by atoms with Gasteiger partial charge in [-0.3, -0.25) is 4.79 Å². The lowest BCUT2D eigenvalue weighted by molar-refractivity contribution is -0.134. The van der Waals surface area contributed by atoms with Gasteiger partial charge in [0.25, 0.3) is 0 Å². The van der Waals surface area contributed by atoms with E-state index < -0.39 is 5.97 Å². The standard InChI is InChI=1S/C15H14Cl2N4O3/c16-9-3-8(4-10(17)14(9)24)19-12-5-11(7-1-2-7)20-15(21-12)18-6-13(22)23/h3-5,7,24H,1-2,6H2,(H,22,23)(H2,18,19,20,21). The number of hydrogen-bond acceptors (Lipinski definition) is 6. The summed E-state index contributed by atoms with van der Waals surface area (Å²) in [6, 6.07) is 4.84. The van der Waals surface area contributed by atoms with Crippen LogP contribution in [0.5, 0.6) is 5.75 Å². The molecule has 3 rings (SSSR count). The van der Waals surface area contributed by atoms with E-state index in [-0.39, 0.29) is 28.3 Å². The number of hydrogen-bond donors (Lipinski definition) is 4. The maximum Gasteiger partial charge on any atom is 0.322 e. The normalized spacial score (nSPS) is 13.6. The number of carbonyl (C=O) groups is 1. The van der Waals surface area contributed by atoms with Crippen LogP contribution in [0.4, 0.5) is 17.5 Å². The smallest absolute Gasteiger partial charge is 0.322 e. The molecule has 0 saturated heterocycles. The van der Waals surface area contributed by atoms with Crippen LogP contribution in [0.2, 0.25) is 10.0 Å². The van der Waals surface area contributed by atoms with Gasteiger partial charge in [0.1, 0.15) is 12.4 Å². The van der Waals surface area contributed by atoms with E-state index in [0.29, 0.717) is 17.4 Å². The topological polar surface area (TPSA) is 107 Å². The van der Waals surface area contributed by atoms with Crippen molar-refractivity contribution in [3.63, 3.8) is 0 Å². The SMILES string of the molecule is O=C(O)CNc1nc(Nc2cc(Cl)c(O)c(Cl)c2)cc(C2CC2)n1. The summed E-state index contributed by atoms with van der Waals surface area (Å²) in [5.41, 5.74) is 1.39. The first-order chi connectivity index (χ1) is 11.4. The minimum atomic E-state index is -0.998. The van der Waals surface area contributed by atoms with Crippen molar-refractivity contribution in [2.45, 2.75) is 18.8 Å². The highest BCUT2D eigenvalue weighted by molar-refractivity contribution is 6.37. The number of anilines is 3. The van der Waals surface area contributed by atoms with Gasteiger partial charge in [0, 0.05) is 17.7 Å². The Morgan fingerprint density at radius 3 is 2.46 bits per heavy atom. The van der Waals surface area contributed by atoms with Gasteiger partial charge in [0.05, 0.1) is 15.7 Å². The molecule has 126 valence electrons. The molecule has 7 nitrogen and oxygen atoms in total. The first kappa shape index (κ1) is 16.6. The number of halogens is 2.